The van der Waals surface area contributed by atoms with E-state index in [9.17, 15) is 19.0 Å². The third-order valence-electron chi connectivity index (χ3n) is 13.5. The van der Waals surface area contributed by atoms with Gasteiger partial charge in [-0.2, -0.15) is 0 Å². The van der Waals surface area contributed by atoms with Gasteiger partial charge in [-0.25, -0.2) is 4.57 Å². The molecule has 0 aromatic carbocycles. The molecule has 0 aromatic heterocycles. The summed E-state index contributed by atoms with van der Waals surface area (Å²) in [6, 6.07) is 0. The summed E-state index contributed by atoms with van der Waals surface area (Å²) in [5.74, 6) is -0.831. The zero-order chi connectivity index (χ0) is 55.9. The predicted octanol–water partition coefficient (Wildman–Crippen LogP) is 20.4. The minimum Gasteiger partial charge on any atom is -0.462 e. The van der Waals surface area contributed by atoms with Gasteiger partial charge in [-0.1, -0.05) is 272 Å². The fourth-order valence-corrected chi connectivity index (χ4v) is 9.55. The highest BCUT2D eigenvalue weighted by atomic mass is 31.2. The Bertz CT molecular complexity index is 1580. The maximum atomic E-state index is 12.7. The van der Waals surface area contributed by atoms with Crippen LogP contribution in [0, 0.1) is 0 Å². The van der Waals surface area contributed by atoms with Crippen molar-refractivity contribution in [3.63, 3.8) is 0 Å². The Kier molecular flexibility index (Phi) is 59.7. The number of esters is 2. The van der Waals surface area contributed by atoms with Crippen LogP contribution in [-0.2, 0) is 32.7 Å². The van der Waals surface area contributed by atoms with E-state index in [4.69, 9.17) is 24.3 Å². The number of hydrogen-bond acceptors (Lipinski definition) is 8. The molecule has 0 spiro atoms. The van der Waals surface area contributed by atoms with Crippen molar-refractivity contribution in [3.8, 4) is 0 Å². The Balaban J connectivity index is 3.93. The first-order valence-corrected chi connectivity index (χ1v) is 33.2. The number of allylic oxidation sites excluding steroid dienone is 16. The summed E-state index contributed by atoms with van der Waals surface area (Å²) in [6.07, 6.45) is 83.3. The van der Waals surface area contributed by atoms with Gasteiger partial charge in [0.1, 0.15) is 6.61 Å². The van der Waals surface area contributed by atoms with Gasteiger partial charge in [0, 0.05) is 19.4 Å². The first kappa shape index (κ1) is 73.9. The lowest BCUT2D eigenvalue weighted by atomic mass is 10.0. The molecule has 9 nitrogen and oxygen atoms in total. The molecule has 0 rings (SSSR count). The van der Waals surface area contributed by atoms with Crippen molar-refractivity contribution in [3.05, 3.63) is 97.2 Å². The maximum Gasteiger partial charge on any atom is 0.472 e. The van der Waals surface area contributed by atoms with E-state index in [1.54, 1.807) is 0 Å². The number of carbonyl (C=O) groups is 2. The fraction of sp³-hybridized carbons (Fsp3) is 0.731. The van der Waals surface area contributed by atoms with Crippen LogP contribution in [0.2, 0.25) is 0 Å². The van der Waals surface area contributed by atoms with Crippen molar-refractivity contribution in [1.29, 1.82) is 0 Å². The third-order valence-corrected chi connectivity index (χ3v) is 14.4. The second-order valence-electron chi connectivity index (χ2n) is 20.9. The van der Waals surface area contributed by atoms with Gasteiger partial charge in [0.15, 0.2) is 6.10 Å². The molecule has 0 aliphatic rings. The molecule has 3 N–H and O–H groups in total. The molecular weight excluding hydrogens is 978 g/mol. The predicted molar refractivity (Wildman–Crippen MR) is 330 cm³/mol. The van der Waals surface area contributed by atoms with E-state index in [0.717, 1.165) is 96.3 Å². The molecule has 0 saturated carbocycles. The van der Waals surface area contributed by atoms with Crippen molar-refractivity contribution in [1.82, 2.24) is 0 Å². The third kappa shape index (κ3) is 62.0. The zero-order valence-electron chi connectivity index (χ0n) is 49.7. The second-order valence-corrected chi connectivity index (χ2v) is 22.3. The Morgan fingerprint density at radius 3 is 1.06 bits per heavy atom. The van der Waals surface area contributed by atoms with Crippen LogP contribution in [0.25, 0.3) is 0 Å². The number of nitrogens with two attached hydrogens (primary N) is 1. The van der Waals surface area contributed by atoms with Gasteiger partial charge in [0.2, 0.25) is 0 Å². The maximum absolute atomic E-state index is 12.7. The minimum absolute atomic E-state index is 0.0495. The van der Waals surface area contributed by atoms with Gasteiger partial charge in [0.25, 0.3) is 0 Å². The van der Waals surface area contributed by atoms with Crippen molar-refractivity contribution >= 4 is 19.8 Å². The topological polar surface area (TPSA) is 134 Å². The van der Waals surface area contributed by atoms with Crippen LogP contribution in [0.1, 0.15) is 284 Å². The summed E-state index contributed by atoms with van der Waals surface area (Å²) >= 11 is 0. The Morgan fingerprint density at radius 1 is 0.403 bits per heavy atom. The molecule has 0 saturated heterocycles. The number of carbonyl (C=O) groups excluding carboxylic acids is 2. The first-order valence-electron chi connectivity index (χ1n) is 31.7. The lowest BCUT2D eigenvalue weighted by Gasteiger charge is -2.19. The van der Waals surface area contributed by atoms with Gasteiger partial charge < -0.3 is 20.1 Å². The van der Waals surface area contributed by atoms with Gasteiger partial charge in [-0.3, -0.25) is 18.6 Å². The number of phosphoric acid groups is 1. The Labute approximate surface area is 474 Å². The second kappa shape index (κ2) is 62.1. The van der Waals surface area contributed by atoms with Gasteiger partial charge >= 0.3 is 19.8 Å². The highest BCUT2D eigenvalue weighted by molar-refractivity contribution is 7.47. The number of unbranched alkanes of at least 4 members (excludes halogenated alkanes) is 30. The van der Waals surface area contributed by atoms with Crippen LogP contribution in [-0.4, -0.2) is 49.3 Å². The smallest absolute Gasteiger partial charge is 0.462 e. The number of hydrogen-bond donors (Lipinski definition) is 2. The van der Waals surface area contributed by atoms with Crippen LogP contribution in [0.3, 0.4) is 0 Å². The minimum atomic E-state index is -4.40. The number of ether oxygens (including phenoxy) is 2. The molecule has 0 bridgehead atoms. The molecule has 0 aromatic rings. The summed E-state index contributed by atoms with van der Waals surface area (Å²) in [5, 5.41) is 0. The van der Waals surface area contributed by atoms with Crippen molar-refractivity contribution in [2.24, 2.45) is 5.73 Å². The normalized spacial score (nSPS) is 13.7. The van der Waals surface area contributed by atoms with Crippen LogP contribution < -0.4 is 5.73 Å². The fourth-order valence-electron chi connectivity index (χ4n) is 8.79. The number of phosphoric ester groups is 1. The summed E-state index contributed by atoms with van der Waals surface area (Å²) < 4.78 is 33.1. The zero-order valence-corrected chi connectivity index (χ0v) is 50.6. The van der Waals surface area contributed by atoms with Gasteiger partial charge in [-0.15, -0.1) is 0 Å². The molecule has 10 heteroatoms. The molecular formula is C67H118NO8P. The van der Waals surface area contributed by atoms with E-state index in [2.05, 4.69) is 111 Å². The summed E-state index contributed by atoms with van der Waals surface area (Å²) in [5.41, 5.74) is 5.39. The van der Waals surface area contributed by atoms with Gasteiger partial charge in [0.05, 0.1) is 13.2 Å². The molecule has 0 radical (unpaired) electrons. The molecule has 2 unspecified atom stereocenters. The average molecular weight is 1100 g/mol. The van der Waals surface area contributed by atoms with E-state index in [0.29, 0.717) is 6.42 Å². The largest absolute Gasteiger partial charge is 0.472 e. The van der Waals surface area contributed by atoms with Crippen molar-refractivity contribution in [2.75, 3.05) is 26.4 Å². The van der Waals surface area contributed by atoms with Crippen molar-refractivity contribution < 1.29 is 37.6 Å². The molecule has 0 fully saturated rings. The van der Waals surface area contributed by atoms with E-state index in [-0.39, 0.29) is 38.6 Å². The molecule has 0 amide bonds. The van der Waals surface area contributed by atoms with Crippen LogP contribution in [0.15, 0.2) is 97.2 Å². The Hall–Kier alpha value is -3.07. The average Bonchev–Trinajstić information content (AvgIpc) is 3.42. The van der Waals surface area contributed by atoms with E-state index >= 15 is 0 Å². The highest BCUT2D eigenvalue weighted by Crippen LogP contribution is 2.43. The Morgan fingerprint density at radius 2 is 0.714 bits per heavy atom. The SMILES string of the molecule is CC/C=C\C/C=C\C/C=C\C/C=C\C/C=C\CCCCCCCCCCCCCCCCCCCC(=O)OC(COC(=O)CCCCCCCCCC/C=C\C/C=C\C/C=C\CCCCCCC)COP(=O)(O)OCCN. The van der Waals surface area contributed by atoms with E-state index in [1.165, 1.54) is 154 Å². The lowest BCUT2D eigenvalue weighted by Crippen LogP contribution is -2.29. The van der Waals surface area contributed by atoms with Crippen molar-refractivity contribution in [2.45, 2.75) is 290 Å². The molecule has 0 aliphatic heterocycles. The first-order chi connectivity index (χ1) is 37.8. The molecule has 77 heavy (non-hydrogen) atoms. The van der Waals surface area contributed by atoms with E-state index < -0.39 is 26.5 Å². The standard InChI is InChI=1S/C67H118NO8P/c1-3-5-7-9-11-13-15-17-19-21-23-25-27-28-29-30-31-32-33-34-35-36-38-40-42-44-46-48-50-52-54-56-58-60-67(70)76-65(64-75-77(71,72)74-62-61-68)63-73-66(69)59-57-55-53-51-49-47-45-43-41-39-37-26-24-22-20-18-16-14-12-10-8-6-4-2/h5,7,11,13,16-19,22-25,28-29,37,39,65H,3-4,6,8-10,12,14-15,20-21,26-27,30-36,38,40-64,68H2,1-2H3,(H,71,72)/b7-5-,13-11-,18-16-,19-17-,24-22-,25-23-,29-28-,39-37-. The van der Waals surface area contributed by atoms with Crippen LogP contribution in [0.5, 0.6) is 0 Å². The summed E-state index contributed by atoms with van der Waals surface area (Å²) in [6.45, 7) is 3.63. The summed E-state index contributed by atoms with van der Waals surface area (Å²) in [4.78, 5) is 35.3. The number of rotatable bonds is 59. The molecule has 444 valence electrons. The monoisotopic (exact) mass is 1100 g/mol. The summed E-state index contributed by atoms with van der Waals surface area (Å²) in [7, 11) is -4.40. The molecule has 0 heterocycles. The van der Waals surface area contributed by atoms with Crippen LogP contribution >= 0.6 is 7.82 Å². The van der Waals surface area contributed by atoms with Crippen LogP contribution in [0.4, 0.5) is 0 Å². The molecule has 0 aliphatic carbocycles. The highest BCUT2D eigenvalue weighted by Gasteiger charge is 2.26. The lowest BCUT2D eigenvalue weighted by molar-refractivity contribution is -0.161. The quantitative estimate of drug-likeness (QED) is 0.0264. The van der Waals surface area contributed by atoms with Gasteiger partial charge in [-0.05, 0) is 96.3 Å². The van der Waals surface area contributed by atoms with E-state index in [1.807, 2.05) is 0 Å². The molecule has 2 atom stereocenters.